The van der Waals surface area contributed by atoms with Crippen LogP contribution in [-0.4, -0.2) is 86.9 Å². The van der Waals surface area contributed by atoms with Crippen LogP contribution in [0.1, 0.15) is 96.5 Å². The summed E-state index contributed by atoms with van der Waals surface area (Å²) in [6.45, 7) is 3.92. The van der Waals surface area contributed by atoms with Gasteiger partial charge in [-0.2, -0.15) is 0 Å². The summed E-state index contributed by atoms with van der Waals surface area (Å²) in [4.78, 5) is 65.7. The molecule has 4 N–H and O–H groups in total. The highest BCUT2D eigenvalue weighted by Crippen LogP contribution is 2.71. The summed E-state index contributed by atoms with van der Waals surface area (Å²) in [5.74, 6) is -2.86. The lowest BCUT2D eigenvalue weighted by molar-refractivity contribution is -0.140. The largest absolute Gasteiger partial charge is 0.495 e. The molecule has 8 rings (SSSR count). The van der Waals surface area contributed by atoms with Gasteiger partial charge in [0.05, 0.1) is 31.0 Å². The molecule has 2 aromatic carbocycles. The van der Waals surface area contributed by atoms with Crippen molar-refractivity contribution in [2.24, 2.45) is 5.92 Å². The maximum Gasteiger partial charge on any atom is 0.408 e. The zero-order valence-corrected chi connectivity index (χ0v) is 38.5. The molecule has 4 aromatic rings. The third kappa shape index (κ3) is 9.68. The highest BCUT2D eigenvalue weighted by Gasteiger charge is 2.66. The summed E-state index contributed by atoms with van der Waals surface area (Å²) < 4.78 is 62.3. The van der Waals surface area contributed by atoms with Gasteiger partial charge in [0.2, 0.25) is 19.2 Å². The van der Waals surface area contributed by atoms with Crippen LogP contribution < -0.4 is 25.4 Å². The van der Waals surface area contributed by atoms with Crippen LogP contribution >= 0.6 is 30.3 Å². The number of benzene rings is 2. The van der Waals surface area contributed by atoms with Crippen molar-refractivity contribution in [2.75, 3.05) is 19.0 Å². The zero-order chi connectivity index (χ0) is 45.3. The van der Waals surface area contributed by atoms with Crippen molar-refractivity contribution in [3.05, 3.63) is 64.0 Å². The molecule has 0 radical (unpaired) electrons. The van der Waals surface area contributed by atoms with Gasteiger partial charge in [-0.15, -0.1) is 11.3 Å². The Bertz CT molecular complexity index is 2440. The number of rotatable bonds is 11. The lowest BCUT2D eigenvalue weighted by Crippen LogP contribution is -2.55. The first-order valence-corrected chi connectivity index (χ1v) is 25.2. The Hall–Kier alpha value is -4.57. The van der Waals surface area contributed by atoms with E-state index in [0.717, 1.165) is 44.2 Å². The number of anilines is 1. The summed E-state index contributed by atoms with van der Waals surface area (Å²) in [6.07, 6.45) is 4.31. The molecule has 344 valence electrons. The second-order valence-electron chi connectivity index (χ2n) is 17.7. The fourth-order valence-corrected chi connectivity index (χ4v) is 13.0. The third-order valence-electron chi connectivity index (χ3n) is 12.8. The quantitative estimate of drug-likeness (QED) is 0.105. The number of methoxy groups -OCH3 is 1. The topological polar surface area (TPSA) is 181 Å². The monoisotopic (exact) mass is 942 g/mol. The van der Waals surface area contributed by atoms with Crippen LogP contribution in [0.25, 0.3) is 22.3 Å². The van der Waals surface area contributed by atoms with Crippen molar-refractivity contribution >= 4 is 64.2 Å². The van der Waals surface area contributed by atoms with E-state index in [4.69, 9.17) is 35.8 Å². The van der Waals surface area contributed by atoms with E-state index in [-0.39, 0.29) is 36.6 Å². The molecule has 2 saturated carbocycles. The van der Waals surface area contributed by atoms with Crippen LogP contribution in [0.15, 0.2) is 41.8 Å². The molecular formula is C45H54ClF2N6O8PS. The van der Waals surface area contributed by atoms with E-state index < -0.39 is 78.0 Å². The molecule has 2 saturated heterocycles. The smallest absolute Gasteiger partial charge is 0.408 e. The predicted octanol–water partition coefficient (Wildman–Crippen LogP) is 9.16. The van der Waals surface area contributed by atoms with Gasteiger partial charge in [-0.05, 0) is 89.0 Å². The minimum absolute atomic E-state index is 0.0442. The van der Waals surface area contributed by atoms with Crippen LogP contribution in [0.5, 0.6) is 11.5 Å². The molecule has 0 bridgehead atoms. The third-order valence-corrected chi connectivity index (χ3v) is 16.6. The van der Waals surface area contributed by atoms with Crippen molar-refractivity contribution in [1.29, 1.82) is 0 Å². The van der Waals surface area contributed by atoms with Crippen molar-refractivity contribution in [2.45, 2.75) is 133 Å². The van der Waals surface area contributed by atoms with Crippen LogP contribution in [-0.2, 0) is 25.1 Å². The van der Waals surface area contributed by atoms with Crippen LogP contribution in [0.3, 0.4) is 0 Å². The number of hydrogen-bond acceptors (Lipinski definition) is 11. The van der Waals surface area contributed by atoms with E-state index in [1.54, 1.807) is 18.2 Å². The van der Waals surface area contributed by atoms with Crippen molar-refractivity contribution in [1.82, 2.24) is 25.5 Å². The number of thiazole rings is 1. The molecular weight excluding hydrogens is 889 g/mol. The van der Waals surface area contributed by atoms with Gasteiger partial charge < -0.3 is 40.0 Å². The highest BCUT2D eigenvalue weighted by molar-refractivity contribution is 7.59. The molecule has 1 unspecified atom stereocenters. The van der Waals surface area contributed by atoms with E-state index >= 15 is 0 Å². The summed E-state index contributed by atoms with van der Waals surface area (Å²) >= 11 is 8.27. The molecule has 2 aromatic heterocycles. The van der Waals surface area contributed by atoms with Gasteiger partial charge >= 0.3 is 6.09 Å². The molecule has 2 aliphatic carbocycles. The van der Waals surface area contributed by atoms with Crippen molar-refractivity contribution in [3.8, 4) is 22.9 Å². The van der Waals surface area contributed by atoms with Crippen LogP contribution in [0.4, 0.5) is 18.7 Å². The molecule has 3 amide bonds. The Morgan fingerprint density at radius 3 is 2.45 bits per heavy atom. The number of hydrogen-bond donors (Lipinski definition) is 4. The Kier molecular flexibility index (Phi) is 13.7. The van der Waals surface area contributed by atoms with Crippen molar-refractivity contribution < 1.29 is 46.8 Å². The fraction of sp³-hybridized carbons (Fsp3) is 0.533. The molecule has 2 aliphatic heterocycles. The number of amides is 3. The lowest BCUT2D eigenvalue weighted by atomic mass is 10.0. The van der Waals surface area contributed by atoms with Crippen LogP contribution in [0, 0.1) is 17.6 Å². The fourth-order valence-electron chi connectivity index (χ4n) is 9.40. The standard InChI is InChI=1S/C45H54ClF2N6O8PS/c1-25(2)49-43-51-35(24-64-43)34-20-38(29-17-18-37(60-3)39(46)40(29)50-34)61-28-19-36-41(55)53-45(63(58,59)23-30-31(47)14-10-15-32(30)48)21-26(45)11-6-4-5-7-16-33(42(56)54(36)22-28)52-44(57)62-27-12-8-9-13-27/h10,14-15,17-18,20,24-28,33,36H,4-9,11-13,16,19,21-23H2,1-3H3,(H,49,51)(H,52,57)(H,53,55)(H,58,59)/t26-,28-,33+,36+,45+/m1/s1. The molecule has 64 heavy (non-hydrogen) atoms. The van der Waals surface area contributed by atoms with Gasteiger partial charge in [0.1, 0.15) is 63.4 Å². The van der Waals surface area contributed by atoms with E-state index in [0.29, 0.717) is 71.0 Å². The van der Waals surface area contributed by atoms with E-state index in [9.17, 15) is 32.6 Å². The minimum atomic E-state index is -4.55. The number of alkyl carbamates (subject to hydrolysis) is 1. The first-order valence-electron chi connectivity index (χ1n) is 22.1. The highest BCUT2D eigenvalue weighted by atomic mass is 35.5. The van der Waals surface area contributed by atoms with Gasteiger partial charge in [-0.25, -0.2) is 23.5 Å². The number of nitrogens with zero attached hydrogens (tertiary/aromatic N) is 3. The number of carbonyl (C=O) groups is 3. The van der Waals surface area contributed by atoms with Gasteiger partial charge in [-0.1, -0.05) is 43.4 Å². The summed E-state index contributed by atoms with van der Waals surface area (Å²) in [7, 11) is -3.05. The number of aromatic nitrogens is 2. The zero-order valence-electron chi connectivity index (χ0n) is 36.0. The molecule has 4 heterocycles. The number of halogens is 3. The average molecular weight is 943 g/mol. The number of nitrogens with one attached hydrogen (secondary N) is 3. The summed E-state index contributed by atoms with van der Waals surface area (Å²) in [5, 5.41) is 10.6. The number of carbonyl (C=O) groups excluding carboxylic acids is 3. The Labute approximate surface area is 379 Å². The van der Waals surface area contributed by atoms with Gasteiger partial charge in [-0.3, -0.25) is 14.2 Å². The van der Waals surface area contributed by atoms with Gasteiger partial charge in [0, 0.05) is 34.9 Å². The van der Waals surface area contributed by atoms with E-state index in [2.05, 4.69) is 16.0 Å². The maximum atomic E-state index is 14.9. The summed E-state index contributed by atoms with van der Waals surface area (Å²) in [6, 6.07) is 6.28. The predicted molar refractivity (Wildman–Crippen MR) is 240 cm³/mol. The minimum Gasteiger partial charge on any atom is -0.495 e. The van der Waals surface area contributed by atoms with Crippen LogP contribution in [0.2, 0.25) is 5.02 Å². The van der Waals surface area contributed by atoms with Gasteiger partial charge in [0.15, 0.2) is 5.13 Å². The first-order chi connectivity index (χ1) is 30.7. The van der Waals surface area contributed by atoms with E-state index in [1.807, 2.05) is 19.2 Å². The summed E-state index contributed by atoms with van der Waals surface area (Å²) in [5.41, 5.74) is 0.858. The number of pyridine rings is 1. The molecule has 4 aliphatic rings. The Morgan fingerprint density at radius 2 is 1.73 bits per heavy atom. The molecule has 0 spiro atoms. The molecule has 14 nitrogen and oxygen atoms in total. The van der Waals surface area contributed by atoms with E-state index in [1.165, 1.54) is 29.4 Å². The Balaban J connectivity index is 1.14. The Morgan fingerprint density at radius 1 is 1.02 bits per heavy atom. The molecule has 19 heteroatoms. The average Bonchev–Trinajstić information content (AvgIpc) is 3.67. The number of fused-ring (bicyclic) bond motifs is 3. The lowest BCUT2D eigenvalue weighted by Gasteiger charge is -2.32. The molecule has 6 atom stereocenters. The second-order valence-corrected chi connectivity index (χ2v) is 21.4. The first kappa shape index (κ1) is 46.0. The van der Waals surface area contributed by atoms with Gasteiger partial charge in [0.25, 0.3) is 0 Å². The molecule has 4 fully saturated rings. The number of ether oxygens (including phenoxy) is 3. The maximum absolute atomic E-state index is 14.9. The van der Waals surface area contributed by atoms with Crippen molar-refractivity contribution in [3.63, 3.8) is 0 Å². The normalized spacial score (nSPS) is 25.2. The SMILES string of the molecule is COc1ccc2c(O[C@@H]3C[C@H]4C(=O)N[C@]5(P(=O)(O)Cc6c(F)cccc6F)C[C@H]5CCCCCC[C@H](NC(=O)OC5CCCC5)C(=O)N4C3)cc(-c3csc(NC(C)C)n3)nc2c1Cl. The second kappa shape index (κ2) is 19.1.